The number of aromatic nitrogens is 2. The molecule has 1 aromatic heterocycles. The first kappa shape index (κ1) is 16.0. The highest BCUT2D eigenvalue weighted by molar-refractivity contribution is 5.81. The third-order valence-corrected chi connectivity index (χ3v) is 3.63. The van der Waals surface area contributed by atoms with E-state index in [4.69, 9.17) is 4.74 Å². The Morgan fingerprint density at radius 2 is 2.05 bits per heavy atom. The van der Waals surface area contributed by atoms with Gasteiger partial charge in [-0.25, -0.2) is 0 Å². The molecular formula is C16H21N3O3. The van der Waals surface area contributed by atoms with Gasteiger partial charge < -0.3 is 15.2 Å². The molecule has 1 aromatic carbocycles. The van der Waals surface area contributed by atoms with Crippen LogP contribution in [-0.2, 0) is 11.2 Å². The summed E-state index contributed by atoms with van der Waals surface area (Å²) in [6.45, 7) is 4.32. The standard InChI is InChI=1S/C16H21N3O3/c1-10-14(11(2)19-18-10)8-9-17-16(21)15(20)12-4-6-13(22-3)7-5-12/h4-7,15,20H,8-9H2,1-3H3,(H,17,21)(H,18,19)/t15-/m1/s1. The highest BCUT2D eigenvalue weighted by atomic mass is 16.5. The van der Waals surface area contributed by atoms with Crippen molar-refractivity contribution >= 4 is 5.91 Å². The second-order valence-electron chi connectivity index (χ2n) is 5.13. The van der Waals surface area contributed by atoms with Gasteiger partial charge in [0.25, 0.3) is 5.91 Å². The molecule has 0 spiro atoms. The van der Waals surface area contributed by atoms with E-state index in [-0.39, 0.29) is 0 Å². The van der Waals surface area contributed by atoms with Crippen LogP contribution in [0.1, 0.15) is 28.6 Å². The molecule has 1 amide bonds. The molecule has 3 N–H and O–H groups in total. The van der Waals surface area contributed by atoms with Crippen molar-refractivity contribution in [2.75, 3.05) is 13.7 Å². The number of rotatable bonds is 6. The van der Waals surface area contributed by atoms with Crippen LogP contribution in [-0.4, -0.2) is 34.9 Å². The van der Waals surface area contributed by atoms with Gasteiger partial charge in [0, 0.05) is 12.2 Å². The normalized spacial score (nSPS) is 12.0. The highest BCUT2D eigenvalue weighted by Gasteiger charge is 2.17. The van der Waals surface area contributed by atoms with E-state index in [0.717, 1.165) is 17.0 Å². The van der Waals surface area contributed by atoms with Crippen LogP contribution < -0.4 is 10.1 Å². The Morgan fingerprint density at radius 1 is 1.36 bits per heavy atom. The quantitative estimate of drug-likeness (QED) is 0.753. The van der Waals surface area contributed by atoms with Gasteiger partial charge in [-0.3, -0.25) is 9.89 Å². The topological polar surface area (TPSA) is 87.2 Å². The smallest absolute Gasteiger partial charge is 0.253 e. The summed E-state index contributed by atoms with van der Waals surface area (Å²) in [7, 11) is 1.57. The van der Waals surface area contributed by atoms with E-state index < -0.39 is 12.0 Å². The molecule has 0 saturated heterocycles. The fraction of sp³-hybridized carbons (Fsp3) is 0.375. The van der Waals surface area contributed by atoms with Crippen molar-refractivity contribution in [3.05, 3.63) is 46.8 Å². The minimum Gasteiger partial charge on any atom is -0.497 e. The van der Waals surface area contributed by atoms with Gasteiger partial charge in [0.15, 0.2) is 6.10 Å². The van der Waals surface area contributed by atoms with E-state index in [1.165, 1.54) is 0 Å². The van der Waals surface area contributed by atoms with Crippen LogP contribution in [0.5, 0.6) is 5.75 Å². The number of methoxy groups -OCH3 is 1. The lowest BCUT2D eigenvalue weighted by atomic mass is 10.1. The van der Waals surface area contributed by atoms with Crippen molar-refractivity contribution < 1.29 is 14.6 Å². The maximum atomic E-state index is 12.0. The zero-order valence-corrected chi connectivity index (χ0v) is 13.0. The van der Waals surface area contributed by atoms with Crippen LogP contribution in [0.4, 0.5) is 0 Å². The summed E-state index contributed by atoms with van der Waals surface area (Å²) in [5, 5.41) is 19.8. The molecule has 6 nitrogen and oxygen atoms in total. The monoisotopic (exact) mass is 303 g/mol. The molecule has 0 bridgehead atoms. The number of aryl methyl sites for hydroxylation is 2. The Bertz CT molecular complexity index is 615. The Kier molecular flexibility index (Phi) is 5.16. The zero-order chi connectivity index (χ0) is 16.1. The fourth-order valence-electron chi connectivity index (χ4n) is 2.29. The lowest BCUT2D eigenvalue weighted by molar-refractivity contribution is -0.129. The van der Waals surface area contributed by atoms with Gasteiger partial charge in [0.1, 0.15) is 5.75 Å². The molecule has 1 heterocycles. The molecule has 0 aliphatic rings. The predicted octanol–water partition coefficient (Wildman–Crippen LogP) is 1.43. The van der Waals surface area contributed by atoms with Gasteiger partial charge in [-0.1, -0.05) is 12.1 Å². The van der Waals surface area contributed by atoms with Crippen molar-refractivity contribution in [1.82, 2.24) is 15.5 Å². The highest BCUT2D eigenvalue weighted by Crippen LogP contribution is 2.17. The minimum absolute atomic E-state index is 0.413. The summed E-state index contributed by atoms with van der Waals surface area (Å²) in [5.74, 6) is 0.270. The largest absolute Gasteiger partial charge is 0.497 e. The van der Waals surface area contributed by atoms with Crippen molar-refractivity contribution in [1.29, 1.82) is 0 Å². The molecule has 0 radical (unpaired) electrons. The molecule has 0 aliphatic heterocycles. The van der Waals surface area contributed by atoms with E-state index in [2.05, 4.69) is 15.5 Å². The maximum absolute atomic E-state index is 12.0. The van der Waals surface area contributed by atoms with E-state index in [1.54, 1.807) is 31.4 Å². The van der Waals surface area contributed by atoms with Crippen molar-refractivity contribution in [3.8, 4) is 5.75 Å². The van der Waals surface area contributed by atoms with E-state index in [1.807, 2.05) is 13.8 Å². The Labute approximate surface area is 129 Å². The first-order valence-electron chi connectivity index (χ1n) is 7.13. The number of aliphatic hydroxyl groups excluding tert-OH is 1. The number of carbonyl (C=O) groups is 1. The lowest BCUT2D eigenvalue weighted by Gasteiger charge is -2.12. The summed E-state index contributed by atoms with van der Waals surface area (Å²) in [5.41, 5.74) is 3.57. The van der Waals surface area contributed by atoms with Crippen LogP contribution in [0.2, 0.25) is 0 Å². The molecule has 2 rings (SSSR count). The molecule has 22 heavy (non-hydrogen) atoms. The number of H-pyrrole nitrogens is 1. The van der Waals surface area contributed by atoms with Crippen molar-refractivity contribution in [3.63, 3.8) is 0 Å². The van der Waals surface area contributed by atoms with Crippen LogP contribution >= 0.6 is 0 Å². The van der Waals surface area contributed by atoms with Crippen molar-refractivity contribution in [2.24, 2.45) is 0 Å². The zero-order valence-electron chi connectivity index (χ0n) is 13.0. The molecule has 6 heteroatoms. The first-order valence-corrected chi connectivity index (χ1v) is 7.13. The van der Waals surface area contributed by atoms with Gasteiger partial charge >= 0.3 is 0 Å². The number of hydrogen-bond donors (Lipinski definition) is 3. The number of benzene rings is 1. The SMILES string of the molecule is COc1ccc([C@@H](O)C(=O)NCCc2c(C)n[nH]c2C)cc1. The lowest BCUT2D eigenvalue weighted by Crippen LogP contribution is -2.31. The third kappa shape index (κ3) is 3.65. The molecular weight excluding hydrogens is 282 g/mol. The van der Waals surface area contributed by atoms with Gasteiger partial charge in [-0.15, -0.1) is 0 Å². The van der Waals surface area contributed by atoms with Crippen LogP contribution in [0.15, 0.2) is 24.3 Å². The van der Waals surface area contributed by atoms with Gasteiger partial charge in [-0.05, 0) is 43.5 Å². The van der Waals surface area contributed by atoms with Crippen LogP contribution in [0, 0.1) is 13.8 Å². The molecule has 0 fully saturated rings. The Balaban J connectivity index is 1.88. The maximum Gasteiger partial charge on any atom is 0.253 e. The summed E-state index contributed by atoms with van der Waals surface area (Å²) in [6.07, 6.45) is -0.507. The van der Waals surface area contributed by atoms with E-state index in [9.17, 15) is 9.90 Å². The number of amides is 1. The van der Waals surface area contributed by atoms with Gasteiger partial charge in [0.2, 0.25) is 0 Å². The van der Waals surface area contributed by atoms with E-state index >= 15 is 0 Å². The first-order chi connectivity index (χ1) is 10.5. The number of carbonyl (C=O) groups excluding carboxylic acids is 1. The fourth-order valence-corrected chi connectivity index (χ4v) is 2.29. The number of hydrogen-bond acceptors (Lipinski definition) is 4. The Morgan fingerprint density at radius 3 is 2.59 bits per heavy atom. The summed E-state index contributed by atoms with van der Waals surface area (Å²) < 4.78 is 5.05. The molecule has 0 unspecified atom stereocenters. The van der Waals surface area contributed by atoms with Crippen LogP contribution in [0.25, 0.3) is 0 Å². The summed E-state index contributed by atoms with van der Waals surface area (Å²) in [4.78, 5) is 12.0. The van der Waals surface area contributed by atoms with E-state index in [0.29, 0.717) is 24.3 Å². The number of nitrogens with zero attached hydrogens (tertiary/aromatic N) is 1. The summed E-state index contributed by atoms with van der Waals surface area (Å²) in [6, 6.07) is 6.77. The number of aliphatic hydroxyl groups is 1. The third-order valence-electron chi connectivity index (χ3n) is 3.63. The Hall–Kier alpha value is -2.34. The molecule has 1 atom stereocenters. The molecule has 2 aromatic rings. The summed E-state index contributed by atoms with van der Waals surface area (Å²) >= 11 is 0. The average Bonchev–Trinajstić information content (AvgIpc) is 2.86. The molecule has 0 saturated carbocycles. The number of nitrogens with one attached hydrogen (secondary N) is 2. The van der Waals surface area contributed by atoms with Gasteiger partial charge in [-0.2, -0.15) is 5.10 Å². The molecule has 118 valence electrons. The predicted molar refractivity (Wildman–Crippen MR) is 82.7 cm³/mol. The minimum atomic E-state index is -1.18. The average molecular weight is 303 g/mol. The molecule has 0 aliphatic carbocycles. The number of aromatic amines is 1. The van der Waals surface area contributed by atoms with Gasteiger partial charge in [0.05, 0.1) is 12.8 Å². The second kappa shape index (κ2) is 7.09. The second-order valence-corrected chi connectivity index (χ2v) is 5.13. The van der Waals surface area contributed by atoms with Crippen molar-refractivity contribution in [2.45, 2.75) is 26.4 Å². The van der Waals surface area contributed by atoms with Crippen LogP contribution in [0.3, 0.4) is 0 Å². The number of ether oxygens (including phenoxy) is 1.